The standard InChI is InChI=1S/C17H25N3O4/c1-11(2)15(16(22)18-10-14(21)24-4)20-17(23)19-12(3)13-8-6-5-7-9-13/h5-9,11-12,15H,10H2,1-4H3,(H,18,22)(H2,19,20,23)/t12-,15+/m1/s1. The first-order valence-electron chi connectivity index (χ1n) is 7.81. The van der Waals surface area contributed by atoms with Gasteiger partial charge in [0.25, 0.3) is 0 Å². The van der Waals surface area contributed by atoms with Gasteiger partial charge in [0, 0.05) is 0 Å². The maximum absolute atomic E-state index is 12.1. The number of hydrogen-bond donors (Lipinski definition) is 3. The molecule has 0 heterocycles. The Morgan fingerprint density at radius 1 is 1.04 bits per heavy atom. The quantitative estimate of drug-likeness (QED) is 0.656. The molecule has 0 spiro atoms. The number of amides is 3. The molecule has 7 nitrogen and oxygen atoms in total. The number of ether oxygens (including phenoxy) is 1. The fourth-order valence-corrected chi connectivity index (χ4v) is 2.08. The molecule has 0 aliphatic rings. The highest BCUT2D eigenvalue weighted by molar-refractivity contribution is 5.89. The molecular weight excluding hydrogens is 310 g/mol. The van der Waals surface area contributed by atoms with Crippen LogP contribution in [-0.4, -0.2) is 37.6 Å². The number of urea groups is 1. The minimum atomic E-state index is -0.752. The molecule has 3 amide bonds. The molecule has 1 rings (SSSR count). The van der Waals surface area contributed by atoms with Crippen LogP contribution in [0.25, 0.3) is 0 Å². The van der Waals surface area contributed by atoms with E-state index in [1.54, 1.807) is 0 Å². The highest BCUT2D eigenvalue weighted by atomic mass is 16.5. The van der Waals surface area contributed by atoms with Crippen molar-refractivity contribution in [2.45, 2.75) is 32.9 Å². The van der Waals surface area contributed by atoms with Crippen LogP contribution in [-0.2, 0) is 14.3 Å². The van der Waals surface area contributed by atoms with E-state index in [-0.39, 0.29) is 18.5 Å². The Hall–Kier alpha value is -2.57. The molecule has 2 atom stereocenters. The summed E-state index contributed by atoms with van der Waals surface area (Å²) < 4.78 is 4.47. The number of hydrogen-bond acceptors (Lipinski definition) is 4. The Labute approximate surface area is 142 Å². The SMILES string of the molecule is COC(=O)CNC(=O)[C@@H](NC(=O)N[C@H](C)c1ccccc1)C(C)C. The molecule has 0 aliphatic carbocycles. The average molecular weight is 335 g/mol. The van der Waals surface area contributed by atoms with Gasteiger partial charge in [-0.3, -0.25) is 9.59 Å². The molecule has 0 saturated heterocycles. The lowest BCUT2D eigenvalue weighted by atomic mass is 10.0. The Kier molecular flexibility index (Phi) is 7.74. The van der Waals surface area contributed by atoms with Gasteiger partial charge in [-0.05, 0) is 18.4 Å². The van der Waals surface area contributed by atoms with Crippen molar-refractivity contribution in [2.75, 3.05) is 13.7 Å². The molecule has 1 aromatic rings. The highest BCUT2D eigenvalue weighted by Crippen LogP contribution is 2.11. The number of methoxy groups -OCH3 is 1. The van der Waals surface area contributed by atoms with Gasteiger partial charge in [0.1, 0.15) is 12.6 Å². The molecule has 3 N–H and O–H groups in total. The van der Waals surface area contributed by atoms with Crippen LogP contribution in [0.15, 0.2) is 30.3 Å². The number of rotatable bonds is 7. The van der Waals surface area contributed by atoms with Crippen molar-refractivity contribution < 1.29 is 19.1 Å². The zero-order valence-corrected chi connectivity index (χ0v) is 14.5. The van der Waals surface area contributed by atoms with Crippen molar-refractivity contribution in [1.29, 1.82) is 0 Å². The second-order valence-electron chi connectivity index (χ2n) is 5.77. The zero-order chi connectivity index (χ0) is 18.1. The van der Waals surface area contributed by atoms with Crippen LogP contribution in [0.5, 0.6) is 0 Å². The van der Waals surface area contributed by atoms with Gasteiger partial charge in [0.15, 0.2) is 0 Å². The third-order valence-corrected chi connectivity index (χ3v) is 3.52. The van der Waals surface area contributed by atoms with Gasteiger partial charge in [-0.15, -0.1) is 0 Å². The van der Waals surface area contributed by atoms with E-state index >= 15 is 0 Å². The topological polar surface area (TPSA) is 96.5 Å². The summed E-state index contributed by atoms with van der Waals surface area (Å²) in [5.74, 6) is -1.12. The van der Waals surface area contributed by atoms with E-state index < -0.39 is 23.9 Å². The lowest BCUT2D eigenvalue weighted by molar-refractivity contribution is -0.141. The van der Waals surface area contributed by atoms with E-state index in [1.807, 2.05) is 51.1 Å². The van der Waals surface area contributed by atoms with Gasteiger partial charge < -0.3 is 20.7 Å². The summed E-state index contributed by atoms with van der Waals surface area (Å²) in [6.45, 7) is 5.24. The molecule has 0 aromatic heterocycles. The predicted molar refractivity (Wildman–Crippen MR) is 90.2 cm³/mol. The molecule has 0 fully saturated rings. The molecule has 1 aromatic carbocycles. The van der Waals surface area contributed by atoms with Crippen LogP contribution in [0.3, 0.4) is 0 Å². The van der Waals surface area contributed by atoms with Crippen molar-refractivity contribution in [3.8, 4) is 0 Å². The monoisotopic (exact) mass is 335 g/mol. The molecule has 0 saturated carbocycles. The zero-order valence-electron chi connectivity index (χ0n) is 14.5. The summed E-state index contributed by atoms with van der Waals surface area (Å²) in [5, 5.41) is 7.88. The van der Waals surface area contributed by atoms with Gasteiger partial charge in [-0.2, -0.15) is 0 Å². The van der Waals surface area contributed by atoms with Gasteiger partial charge >= 0.3 is 12.0 Å². The Morgan fingerprint density at radius 2 is 1.67 bits per heavy atom. The largest absolute Gasteiger partial charge is 0.468 e. The van der Waals surface area contributed by atoms with E-state index in [9.17, 15) is 14.4 Å². The average Bonchev–Trinajstić information content (AvgIpc) is 2.57. The van der Waals surface area contributed by atoms with Crippen LogP contribution in [0.2, 0.25) is 0 Å². The lowest BCUT2D eigenvalue weighted by Crippen LogP contribution is -2.53. The molecule has 0 radical (unpaired) electrons. The van der Waals surface area contributed by atoms with Crippen LogP contribution in [0.4, 0.5) is 4.79 Å². The fourth-order valence-electron chi connectivity index (χ4n) is 2.08. The number of nitrogens with one attached hydrogen (secondary N) is 3. The number of esters is 1. The minimum absolute atomic E-state index is 0.138. The van der Waals surface area contributed by atoms with Gasteiger partial charge in [0.2, 0.25) is 5.91 Å². The van der Waals surface area contributed by atoms with Crippen LogP contribution in [0, 0.1) is 5.92 Å². The smallest absolute Gasteiger partial charge is 0.325 e. The predicted octanol–water partition coefficient (Wildman–Crippen LogP) is 1.36. The van der Waals surface area contributed by atoms with Crippen LogP contribution >= 0.6 is 0 Å². The lowest BCUT2D eigenvalue weighted by Gasteiger charge is -2.23. The second kappa shape index (κ2) is 9.54. The summed E-state index contributed by atoms with van der Waals surface area (Å²) in [6, 6.07) is 8.11. The maximum Gasteiger partial charge on any atom is 0.325 e. The first-order chi connectivity index (χ1) is 11.3. The van der Waals surface area contributed by atoms with Crippen molar-refractivity contribution >= 4 is 17.9 Å². The summed E-state index contributed by atoms with van der Waals surface area (Å²) in [6.07, 6.45) is 0. The molecule has 24 heavy (non-hydrogen) atoms. The summed E-state index contributed by atoms with van der Waals surface area (Å²) in [5.41, 5.74) is 0.962. The van der Waals surface area contributed by atoms with E-state index in [2.05, 4.69) is 20.7 Å². The highest BCUT2D eigenvalue weighted by Gasteiger charge is 2.25. The van der Waals surface area contributed by atoms with Gasteiger partial charge in [-0.25, -0.2) is 4.79 Å². The Balaban J connectivity index is 2.59. The van der Waals surface area contributed by atoms with E-state index in [1.165, 1.54) is 7.11 Å². The molecular formula is C17H25N3O4. The normalized spacial score (nSPS) is 12.9. The third kappa shape index (κ3) is 6.28. The van der Waals surface area contributed by atoms with Crippen molar-refractivity contribution in [1.82, 2.24) is 16.0 Å². The second-order valence-corrected chi connectivity index (χ2v) is 5.77. The number of carbonyl (C=O) groups is 3. The van der Waals surface area contributed by atoms with Crippen LogP contribution < -0.4 is 16.0 Å². The third-order valence-electron chi connectivity index (χ3n) is 3.52. The summed E-state index contributed by atoms with van der Waals surface area (Å²) >= 11 is 0. The van der Waals surface area contributed by atoms with Crippen molar-refractivity contribution in [2.24, 2.45) is 5.92 Å². The minimum Gasteiger partial charge on any atom is -0.468 e. The summed E-state index contributed by atoms with van der Waals surface area (Å²) in [4.78, 5) is 35.4. The van der Waals surface area contributed by atoms with Gasteiger partial charge in [0.05, 0.1) is 13.2 Å². The maximum atomic E-state index is 12.1. The number of benzene rings is 1. The van der Waals surface area contributed by atoms with Crippen molar-refractivity contribution in [3.05, 3.63) is 35.9 Å². The Morgan fingerprint density at radius 3 is 2.21 bits per heavy atom. The Bertz CT molecular complexity index is 560. The fraction of sp³-hybridized carbons (Fsp3) is 0.471. The van der Waals surface area contributed by atoms with E-state index in [0.29, 0.717) is 0 Å². The molecule has 0 aliphatic heterocycles. The van der Waals surface area contributed by atoms with Crippen LogP contribution in [0.1, 0.15) is 32.4 Å². The number of carbonyl (C=O) groups excluding carboxylic acids is 3. The van der Waals surface area contributed by atoms with Gasteiger partial charge in [-0.1, -0.05) is 44.2 Å². The molecule has 132 valence electrons. The van der Waals surface area contributed by atoms with Crippen molar-refractivity contribution in [3.63, 3.8) is 0 Å². The van der Waals surface area contributed by atoms with E-state index in [0.717, 1.165) is 5.56 Å². The molecule has 7 heteroatoms. The van der Waals surface area contributed by atoms with E-state index in [4.69, 9.17) is 0 Å². The first kappa shape index (κ1) is 19.5. The first-order valence-corrected chi connectivity index (χ1v) is 7.81. The molecule has 0 unspecified atom stereocenters. The molecule has 0 bridgehead atoms. The summed E-state index contributed by atoms with van der Waals surface area (Å²) in [7, 11) is 1.24.